The van der Waals surface area contributed by atoms with E-state index in [0.29, 0.717) is 6.42 Å². The van der Waals surface area contributed by atoms with Gasteiger partial charge in [-0.05, 0) is 45.1 Å². The molecule has 5 nitrogen and oxygen atoms in total. The summed E-state index contributed by atoms with van der Waals surface area (Å²) < 4.78 is 5.27. The van der Waals surface area contributed by atoms with Crippen molar-refractivity contribution in [2.24, 2.45) is 0 Å². The van der Waals surface area contributed by atoms with Crippen LogP contribution in [0, 0.1) is 0 Å². The van der Waals surface area contributed by atoms with Crippen LogP contribution in [0.2, 0.25) is 0 Å². The zero-order chi connectivity index (χ0) is 15.8. The zero-order valence-electron chi connectivity index (χ0n) is 13.3. The van der Waals surface area contributed by atoms with Crippen LogP contribution >= 0.6 is 0 Å². The topological polar surface area (TPSA) is 61.8 Å². The number of hydrogen-bond acceptors (Lipinski definition) is 4. The fraction of sp³-hybridized carbons (Fsp3) is 0.562. The first-order valence-corrected chi connectivity index (χ1v) is 7.19. The second-order valence-corrected chi connectivity index (χ2v) is 5.50. The molecule has 0 heterocycles. The minimum absolute atomic E-state index is 0.175. The van der Waals surface area contributed by atoms with Crippen molar-refractivity contribution in [3.63, 3.8) is 0 Å². The summed E-state index contributed by atoms with van der Waals surface area (Å²) in [5, 5.41) is 12.1. The Balaban J connectivity index is 2.63. The Morgan fingerprint density at radius 2 is 2.14 bits per heavy atom. The summed E-state index contributed by atoms with van der Waals surface area (Å²) in [6.45, 7) is 2.78. The molecule has 0 aromatic heterocycles. The van der Waals surface area contributed by atoms with Crippen LogP contribution in [0.15, 0.2) is 24.3 Å². The Labute approximate surface area is 126 Å². The standard InChI is InChI=1S/C16H26N2O3/c1-12(8-9-16(19)20)17-11-15(18(2)3)13-6-5-7-14(10-13)21-4/h5-7,10,12,15,17H,8-9,11H2,1-4H3,(H,19,20). The number of hydrogen-bond donors (Lipinski definition) is 2. The largest absolute Gasteiger partial charge is 0.497 e. The van der Waals surface area contributed by atoms with Gasteiger partial charge in [0.1, 0.15) is 5.75 Å². The number of rotatable bonds is 9. The molecule has 1 rings (SSSR count). The number of ether oxygens (including phenoxy) is 1. The van der Waals surface area contributed by atoms with Gasteiger partial charge < -0.3 is 20.1 Å². The summed E-state index contributed by atoms with van der Waals surface area (Å²) in [7, 11) is 5.73. The molecule has 0 amide bonds. The van der Waals surface area contributed by atoms with E-state index in [1.54, 1.807) is 7.11 Å². The van der Waals surface area contributed by atoms with E-state index in [2.05, 4.69) is 16.3 Å². The minimum Gasteiger partial charge on any atom is -0.497 e. The highest BCUT2D eigenvalue weighted by molar-refractivity contribution is 5.66. The number of methoxy groups -OCH3 is 1. The second-order valence-electron chi connectivity index (χ2n) is 5.50. The molecular weight excluding hydrogens is 268 g/mol. The molecule has 5 heteroatoms. The molecule has 1 aromatic carbocycles. The molecule has 0 saturated heterocycles. The molecule has 21 heavy (non-hydrogen) atoms. The Kier molecular flexibility index (Phi) is 7.19. The normalized spacial score (nSPS) is 14.0. The molecule has 118 valence electrons. The van der Waals surface area contributed by atoms with Gasteiger partial charge in [-0.2, -0.15) is 0 Å². The van der Waals surface area contributed by atoms with Gasteiger partial charge in [-0.1, -0.05) is 12.1 Å². The summed E-state index contributed by atoms with van der Waals surface area (Å²) >= 11 is 0. The van der Waals surface area contributed by atoms with Gasteiger partial charge in [0, 0.05) is 25.0 Å². The van der Waals surface area contributed by atoms with Gasteiger partial charge in [-0.15, -0.1) is 0 Å². The summed E-state index contributed by atoms with van der Waals surface area (Å²) in [6.07, 6.45) is 0.827. The van der Waals surface area contributed by atoms with E-state index in [1.807, 2.05) is 39.2 Å². The maximum atomic E-state index is 10.6. The molecule has 0 fully saturated rings. The van der Waals surface area contributed by atoms with Crippen LogP contribution in [-0.4, -0.2) is 49.8 Å². The Bertz CT molecular complexity index is 449. The van der Waals surface area contributed by atoms with Crippen LogP contribution in [0.25, 0.3) is 0 Å². The highest BCUT2D eigenvalue weighted by atomic mass is 16.5. The molecule has 0 aliphatic heterocycles. The number of nitrogens with one attached hydrogen (secondary N) is 1. The van der Waals surface area contributed by atoms with Crippen molar-refractivity contribution in [3.05, 3.63) is 29.8 Å². The molecule has 0 saturated carbocycles. The molecule has 2 atom stereocenters. The van der Waals surface area contributed by atoms with Crippen LogP contribution in [0.5, 0.6) is 5.75 Å². The summed E-state index contributed by atoms with van der Waals surface area (Å²) in [5.74, 6) is 0.0962. The van der Waals surface area contributed by atoms with Gasteiger partial charge in [0.25, 0.3) is 0 Å². The fourth-order valence-corrected chi connectivity index (χ4v) is 2.20. The molecule has 0 bridgehead atoms. The zero-order valence-corrected chi connectivity index (χ0v) is 13.3. The third kappa shape index (κ3) is 6.14. The monoisotopic (exact) mass is 294 g/mol. The minimum atomic E-state index is -0.749. The molecule has 2 N–H and O–H groups in total. The van der Waals surface area contributed by atoms with Crippen molar-refractivity contribution in [2.45, 2.75) is 31.8 Å². The van der Waals surface area contributed by atoms with E-state index < -0.39 is 5.97 Å². The fourth-order valence-electron chi connectivity index (χ4n) is 2.20. The number of nitrogens with zero attached hydrogens (tertiary/aromatic N) is 1. The molecule has 0 aliphatic carbocycles. The molecule has 0 aliphatic rings. The van der Waals surface area contributed by atoms with Crippen molar-refractivity contribution in [1.82, 2.24) is 10.2 Å². The number of carbonyl (C=O) groups is 1. The SMILES string of the molecule is COc1cccc(C(CNC(C)CCC(=O)O)N(C)C)c1. The lowest BCUT2D eigenvalue weighted by Crippen LogP contribution is -2.36. The lowest BCUT2D eigenvalue weighted by molar-refractivity contribution is -0.137. The van der Waals surface area contributed by atoms with E-state index in [9.17, 15) is 4.79 Å². The number of carboxylic acids is 1. The van der Waals surface area contributed by atoms with Gasteiger partial charge >= 0.3 is 5.97 Å². The summed E-state index contributed by atoms with van der Waals surface area (Å²) in [6, 6.07) is 8.42. The van der Waals surface area contributed by atoms with Crippen molar-refractivity contribution >= 4 is 5.97 Å². The quantitative estimate of drug-likeness (QED) is 0.730. The van der Waals surface area contributed by atoms with Gasteiger partial charge in [-0.3, -0.25) is 4.79 Å². The predicted octanol–water partition coefficient (Wildman–Crippen LogP) is 2.14. The first-order valence-electron chi connectivity index (χ1n) is 7.19. The lowest BCUT2D eigenvalue weighted by atomic mass is 10.0. The van der Waals surface area contributed by atoms with E-state index in [1.165, 1.54) is 5.56 Å². The number of carboxylic acid groups (broad SMARTS) is 1. The van der Waals surface area contributed by atoms with E-state index in [4.69, 9.17) is 9.84 Å². The van der Waals surface area contributed by atoms with E-state index in [-0.39, 0.29) is 18.5 Å². The van der Waals surface area contributed by atoms with E-state index in [0.717, 1.165) is 12.3 Å². The van der Waals surface area contributed by atoms with Crippen LogP contribution < -0.4 is 10.1 Å². The van der Waals surface area contributed by atoms with E-state index >= 15 is 0 Å². The number of aliphatic carboxylic acids is 1. The average Bonchev–Trinajstić information content (AvgIpc) is 2.45. The van der Waals surface area contributed by atoms with Crippen LogP contribution in [0.1, 0.15) is 31.4 Å². The van der Waals surface area contributed by atoms with Crippen LogP contribution in [-0.2, 0) is 4.79 Å². The maximum Gasteiger partial charge on any atom is 0.303 e. The molecule has 0 spiro atoms. The second kappa shape index (κ2) is 8.64. The van der Waals surface area contributed by atoms with Gasteiger partial charge in [0.15, 0.2) is 0 Å². The third-order valence-corrected chi connectivity index (χ3v) is 3.55. The van der Waals surface area contributed by atoms with Gasteiger partial charge in [-0.25, -0.2) is 0 Å². The first-order chi connectivity index (χ1) is 9.93. The first kappa shape index (κ1) is 17.5. The Morgan fingerprint density at radius 3 is 2.71 bits per heavy atom. The number of likely N-dealkylation sites (N-methyl/N-ethyl adjacent to an activating group) is 1. The third-order valence-electron chi connectivity index (χ3n) is 3.55. The smallest absolute Gasteiger partial charge is 0.303 e. The summed E-state index contributed by atoms with van der Waals surface area (Å²) in [4.78, 5) is 12.7. The van der Waals surface area contributed by atoms with Crippen molar-refractivity contribution in [3.8, 4) is 5.75 Å². The van der Waals surface area contributed by atoms with Crippen LogP contribution in [0.4, 0.5) is 0 Å². The Hall–Kier alpha value is -1.59. The predicted molar refractivity (Wildman–Crippen MR) is 83.8 cm³/mol. The Morgan fingerprint density at radius 1 is 1.43 bits per heavy atom. The lowest BCUT2D eigenvalue weighted by Gasteiger charge is -2.27. The summed E-state index contributed by atoms with van der Waals surface area (Å²) in [5.41, 5.74) is 1.18. The van der Waals surface area contributed by atoms with Crippen LogP contribution in [0.3, 0.4) is 0 Å². The molecular formula is C16H26N2O3. The van der Waals surface area contributed by atoms with Gasteiger partial charge in [0.2, 0.25) is 0 Å². The average molecular weight is 294 g/mol. The highest BCUT2D eigenvalue weighted by Crippen LogP contribution is 2.22. The maximum absolute atomic E-state index is 10.6. The highest BCUT2D eigenvalue weighted by Gasteiger charge is 2.16. The van der Waals surface area contributed by atoms with Gasteiger partial charge in [0.05, 0.1) is 7.11 Å². The molecule has 2 unspecified atom stereocenters. The van der Waals surface area contributed by atoms with Crippen molar-refractivity contribution in [2.75, 3.05) is 27.7 Å². The molecule has 1 aromatic rings. The number of benzene rings is 1. The molecule has 0 radical (unpaired) electrons. The van der Waals surface area contributed by atoms with Crippen molar-refractivity contribution in [1.29, 1.82) is 0 Å². The van der Waals surface area contributed by atoms with Crippen molar-refractivity contribution < 1.29 is 14.6 Å².